The summed E-state index contributed by atoms with van der Waals surface area (Å²) < 4.78 is 5.80. The number of carbonyl (C=O) groups is 1. The Hall–Kier alpha value is -1.77. The predicted octanol–water partition coefficient (Wildman–Crippen LogP) is 4.19. The van der Waals surface area contributed by atoms with Crippen LogP contribution in [-0.4, -0.2) is 17.4 Å². The highest BCUT2D eigenvalue weighted by Crippen LogP contribution is 2.40. The fourth-order valence-corrected chi connectivity index (χ4v) is 2.73. The lowest BCUT2D eigenvalue weighted by Crippen LogP contribution is -2.13. The van der Waals surface area contributed by atoms with E-state index in [1.165, 1.54) is 12.8 Å². The van der Waals surface area contributed by atoms with E-state index in [9.17, 15) is 4.79 Å². The van der Waals surface area contributed by atoms with E-state index in [2.05, 4.69) is 11.9 Å². The van der Waals surface area contributed by atoms with E-state index in [-0.39, 0.29) is 11.7 Å². The summed E-state index contributed by atoms with van der Waals surface area (Å²) in [4.78, 5) is 15.9. The van der Waals surface area contributed by atoms with E-state index in [0.29, 0.717) is 12.5 Å². The molecular formula is C17H21NO2. The number of benzene rings is 1. The van der Waals surface area contributed by atoms with Crippen LogP contribution in [0.15, 0.2) is 24.4 Å². The van der Waals surface area contributed by atoms with Gasteiger partial charge in [-0.25, -0.2) is 0 Å². The molecule has 3 nitrogen and oxygen atoms in total. The number of ketones is 1. The van der Waals surface area contributed by atoms with Crippen molar-refractivity contribution in [2.75, 3.05) is 6.61 Å². The lowest BCUT2D eigenvalue weighted by Gasteiger charge is -2.10. The minimum atomic E-state index is 0.119. The van der Waals surface area contributed by atoms with Gasteiger partial charge < -0.3 is 9.72 Å². The van der Waals surface area contributed by atoms with Crippen LogP contribution in [0.5, 0.6) is 5.75 Å². The fraction of sp³-hybridized carbons (Fsp3) is 0.471. The van der Waals surface area contributed by atoms with Gasteiger partial charge in [0.2, 0.25) is 0 Å². The number of ether oxygens (including phenoxy) is 1. The molecule has 1 aliphatic carbocycles. The van der Waals surface area contributed by atoms with Gasteiger partial charge in [0.1, 0.15) is 5.75 Å². The van der Waals surface area contributed by atoms with E-state index in [4.69, 9.17) is 4.74 Å². The Morgan fingerprint density at radius 1 is 1.45 bits per heavy atom. The second kappa shape index (κ2) is 5.31. The maximum atomic E-state index is 12.7. The second-order valence-corrected chi connectivity index (χ2v) is 5.72. The largest absolute Gasteiger partial charge is 0.493 e. The molecule has 106 valence electrons. The van der Waals surface area contributed by atoms with E-state index < -0.39 is 0 Å². The number of nitrogens with one attached hydrogen (secondary N) is 1. The molecule has 1 unspecified atom stereocenters. The average Bonchev–Trinajstić information content (AvgIpc) is 3.22. The molecule has 0 amide bonds. The Bertz CT molecular complexity index is 625. The van der Waals surface area contributed by atoms with Crippen molar-refractivity contribution in [2.24, 2.45) is 11.8 Å². The van der Waals surface area contributed by atoms with Crippen molar-refractivity contribution >= 4 is 16.7 Å². The van der Waals surface area contributed by atoms with Gasteiger partial charge in [-0.15, -0.1) is 0 Å². The van der Waals surface area contributed by atoms with Crippen molar-refractivity contribution in [1.82, 2.24) is 4.98 Å². The number of rotatable bonds is 6. The maximum Gasteiger partial charge on any atom is 0.168 e. The van der Waals surface area contributed by atoms with Crippen LogP contribution >= 0.6 is 0 Å². The number of aromatic nitrogens is 1. The summed E-state index contributed by atoms with van der Waals surface area (Å²) in [7, 11) is 0. The molecule has 0 radical (unpaired) electrons. The number of hydrogen-bond donors (Lipinski definition) is 1. The molecule has 1 fully saturated rings. The predicted molar refractivity (Wildman–Crippen MR) is 80.3 cm³/mol. The Balaban J connectivity index is 1.99. The standard InChI is InChI=1S/C17H21NO2/c1-3-9-20-15-6-4-5-14-16(15)13(10-18-14)17(19)11(2)12-7-8-12/h4-6,10-12,18H,3,7-9H2,1-2H3. The Kier molecular flexibility index (Phi) is 3.51. The number of hydrogen-bond acceptors (Lipinski definition) is 2. The maximum absolute atomic E-state index is 12.7. The SMILES string of the molecule is CCCOc1cccc2[nH]cc(C(=O)C(C)C3CC3)c12. The van der Waals surface area contributed by atoms with E-state index in [1.54, 1.807) is 0 Å². The van der Waals surface area contributed by atoms with Crippen molar-refractivity contribution in [3.05, 3.63) is 30.0 Å². The van der Waals surface area contributed by atoms with Crippen LogP contribution in [0.4, 0.5) is 0 Å². The number of aromatic amines is 1. The number of H-pyrrole nitrogens is 1. The molecule has 1 N–H and O–H groups in total. The van der Waals surface area contributed by atoms with Gasteiger partial charge in [-0.2, -0.15) is 0 Å². The van der Waals surface area contributed by atoms with Gasteiger partial charge in [0.15, 0.2) is 5.78 Å². The van der Waals surface area contributed by atoms with Gasteiger partial charge >= 0.3 is 0 Å². The third-order valence-corrected chi connectivity index (χ3v) is 4.14. The third kappa shape index (κ3) is 2.33. The molecule has 1 saturated carbocycles. The first-order valence-electron chi connectivity index (χ1n) is 7.49. The fourth-order valence-electron chi connectivity index (χ4n) is 2.73. The summed E-state index contributed by atoms with van der Waals surface area (Å²) >= 11 is 0. The smallest absolute Gasteiger partial charge is 0.168 e. The summed E-state index contributed by atoms with van der Waals surface area (Å²) in [5.74, 6) is 1.76. The molecule has 0 spiro atoms. The normalized spacial score (nSPS) is 16.3. The molecule has 1 atom stereocenters. The van der Waals surface area contributed by atoms with Crippen molar-refractivity contribution in [3.63, 3.8) is 0 Å². The third-order valence-electron chi connectivity index (χ3n) is 4.14. The van der Waals surface area contributed by atoms with Crippen LogP contribution in [0.1, 0.15) is 43.5 Å². The summed E-state index contributed by atoms with van der Waals surface area (Å²) in [6, 6.07) is 5.90. The van der Waals surface area contributed by atoms with Crippen molar-refractivity contribution in [1.29, 1.82) is 0 Å². The van der Waals surface area contributed by atoms with Crippen molar-refractivity contribution in [2.45, 2.75) is 33.1 Å². The highest BCUT2D eigenvalue weighted by atomic mass is 16.5. The highest BCUT2D eigenvalue weighted by Gasteiger charge is 2.34. The topological polar surface area (TPSA) is 42.1 Å². The number of carbonyl (C=O) groups excluding carboxylic acids is 1. The zero-order valence-electron chi connectivity index (χ0n) is 12.1. The monoisotopic (exact) mass is 271 g/mol. The molecule has 2 aromatic rings. The Morgan fingerprint density at radius 3 is 2.95 bits per heavy atom. The molecule has 1 aromatic heterocycles. The Morgan fingerprint density at radius 2 is 2.25 bits per heavy atom. The van der Waals surface area contributed by atoms with Crippen molar-refractivity contribution in [3.8, 4) is 5.75 Å². The molecular weight excluding hydrogens is 250 g/mol. The summed E-state index contributed by atoms with van der Waals surface area (Å²) in [6.07, 6.45) is 5.18. The quantitative estimate of drug-likeness (QED) is 0.801. The molecule has 1 heterocycles. The minimum Gasteiger partial charge on any atom is -0.493 e. The van der Waals surface area contributed by atoms with Gasteiger partial charge in [0, 0.05) is 23.2 Å². The molecule has 0 aliphatic heterocycles. The van der Waals surface area contributed by atoms with E-state index >= 15 is 0 Å². The van der Waals surface area contributed by atoms with Crippen LogP contribution in [0.2, 0.25) is 0 Å². The van der Waals surface area contributed by atoms with Crippen LogP contribution < -0.4 is 4.74 Å². The summed E-state index contributed by atoms with van der Waals surface area (Å²) in [6.45, 7) is 4.81. The van der Waals surface area contributed by atoms with Crippen LogP contribution in [0, 0.1) is 11.8 Å². The van der Waals surface area contributed by atoms with Gasteiger partial charge in [-0.3, -0.25) is 4.79 Å². The van der Waals surface area contributed by atoms with E-state index in [1.807, 2.05) is 31.3 Å². The molecule has 20 heavy (non-hydrogen) atoms. The van der Waals surface area contributed by atoms with Gasteiger partial charge in [0.05, 0.1) is 12.0 Å². The molecule has 3 rings (SSSR count). The van der Waals surface area contributed by atoms with Gasteiger partial charge in [0.25, 0.3) is 0 Å². The van der Waals surface area contributed by atoms with Crippen LogP contribution in [-0.2, 0) is 0 Å². The van der Waals surface area contributed by atoms with Gasteiger partial charge in [-0.05, 0) is 37.3 Å². The highest BCUT2D eigenvalue weighted by molar-refractivity contribution is 6.10. The first kappa shape index (κ1) is 13.2. The van der Waals surface area contributed by atoms with Crippen molar-refractivity contribution < 1.29 is 9.53 Å². The number of Topliss-reactive ketones (excluding diaryl/α,β-unsaturated/α-hetero) is 1. The van der Waals surface area contributed by atoms with Crippen LogP contribution in [0.25, 0.3) is 10.9 Å². The molecule has 0 bridgehead atoms. The second-order valence-electron chi connectivity index (χ2n) is 5.72. The van der Waals surface area contributed by atoms with Gasteiger partial charge in [-0.1, -0.05) is 19.9 Å². The average molecular weight is 271 g/mol. The zero-order chi connectivity index (χ0) is 14.1. The summed E-state index contributed by atoms with van der Waals surface area (Å²) in [5, 5.41) is 0.943. The number of fused-ring (bicyclic) bond motifs is 1. The summed E-state index contributed by atoms with van der Waals surface area (Å²) in [5.41, 5.74) is 1.76. The zero-order valence-corrected chi connectivity index (χ0v) is 12.1. The van der Waals surface area contributed by atoms with E-state index in [0.717, 1.165) is 28.6 Å². The lowest BCUT2D eigenvalue weighted by molar-refractivity contribution is 0.0917. The first-order valence-corrected chi connectivity index (χ1v) is 7.49. The molecule has 1 aromatic carbocycles. The first-order chi connectivity index (χ1) is 9.72. The minimum absolute atomic E-state index is 0.119. The molecule has 1 aliphatic rings. The molecule has 3 heteroatoms. The lowest BCUT2D eigenvalue weighted by atomic mass is 9.94. The Labute approximate surface area is 119 Å². The molecule has 0 saturated heterocycles. The van der Waals surface area contributed by atoms with Crippen LogP contribution in [0.3, 0.4) is 0 Å².